The van der Waals surface area contributed by atoms with E-state index in [1.807, 2.05) is 6.92 Å². The van der Waals surface area contributed by atoms with E-state index in [0.29, 0.717) is 11.5 Å². The Labute approximate surface area is 163 Å². The van der Waals surface area contributed by atoms with Gasteiger partial charge in [-0.2, -0.15) is 0 Å². The van der Waals surface area contributed by atoms with E-state index < -0.39 is 15.6 Å². The Balaban J connectivity index is 1.76. The van der Waals surface area contributed by atoms with Crippen molar-refractivity contribution >= 4 is 15.9 Å². The van der Waals surface area contributed by atoms with E-state index in [1.165, 1.54) is 31.7 Å². The van der Waals surface area contributed by atoms with Crippen LogP contribution >= 0.6 is 0 Å². The molecule has 0 saturated heterocycles. The lowest BCUT2D eigenvalue weighted by molar-refractivity contribution is 0.0914. The van der Waals surface area contributed by atoms with Crippen LogP contribution in [0.4, 0.5) is 0 Å². The number of sulfonamides is 1. The van der Waals surface area contributed by atoms with Crippen LogP contribution in [0.1, 0.15) is 69.3 Å². The Morgan fingerprint density at radius 3 is 2.44 bits per heavy atom. The number of hydrogen-bond acceptors (Lipinski definition) is 3. The summed E-state index contributed by atoms with van der Waals surface area (Å²) in [6.07, 6.45) is 5.12. The molecule has 2 aliphatic rings. The molecule has 0 aliphatic heterocycles. The third-order valence-corrected chi connectivity index (χ3v) is 7.75. The highest BCUT2D eigenvalue weighted by Gasteiger charge is 2.42. The van der Waals surface area contributed by atoms with E-state index in [0.717, 1.165) is 17.4 Å². The third-order valence-electron chi connectivity index (χ3n) is 6.00. The van der Waals surface area contributed by atoms with Gasteiger partial charge in [0.15, 0.2) is 0 Å². The molecular formula is C21H32N2O3S. The summed E-state index contributed by atoms with van der Waals surface area (Å²) in [6.45, 7) is 9.31. The fourth-order valence-corrected chi connectivity index (χ4v) is 6.22. The zero-order valence-electron chi connectivity index (χ0n) is 17.0. The number of hydrogen-bond donors (Lipinski definition) is 2. The largest absolute Gasteiger partial charge is 0.349 e. The second-order valence-electron chi connectivity index (χ2n) is 9.43. The van der Waals surface area contributed by atoms with Crippen molar-refractivity contribution in [3.05, 3.63) is 29.3 Å². The van der Waals surface area contributed by atoms with Crippen LogP contribution in [0.5, 0.6) is 0 Å². The Bertz CT molecular complexity index is 826. The van der Waals surface area contributed by atoms with E-state index in [2.05, 4.69) is 17.0 Å². The highest BCUT2D eigenvalue weighted by Crippen LogP contribution is 2.49. The van der Waals surface area contributed by atoms with Crippen LogP contribution in [0.15, 0.2) is 23.1 Å². The number of nitrogens with one attached hydrogen (secondary N) is 2. The first kappa shape index (κ1) is 20.3. The fraction of sp³-hybridized carbons (Fsp3) is 0.667. The van der Waals surface area contributed by atoms with E-state index >= 15 is 0 Å². The van der Waals surface area contributed by atoms with Gasteiger partial charge in [0.25, 0.3) is 5.91 Å². The Morgan fingerprint density at radius 2 is 1.89 bits per heavy atom. The molecule has 150 valence electrons. The van der Waals surface area contributed by atoms with E-state index in [9.17, 15) is 13.2 Å². The smallest absolute Gasteiger partial charge is 0.251 e. The molecule has 2 N–H and O–H groups in total. The van der Waals surface area contributed by atoms with Crippen molar-refractivity contribution in [1.29, 1.82) is 0 Å². The van der Waals surface area contributed by atoms with Gasteiger partial charge < -0.3 is 5.32 Å². The molecule has 0 radical (unpaired) electrons. The summed E-state index contributed by atoms with van der Waals surface area (Å²) in [5.41, 5.74) is 0.631. The van der Waals surface area contributed by atoms with Crippen LogP contribution in [-0.4, -0.2) is 25.9 Å². The first-order valence-electron chi connectivity index (χ1n) is 9.92. The summed E-state index contributed by atoms with van der Waals surface area (Å²) in [7, 11) is -3.67. The van der Waals surface area contributed by atoms with E-state index in [-0.39, 0.29) is 16.8 Å². The normalized spacial score (nSPS) is 26.2. The molecule has 4 atom stereocenters. The summed E-state index contributed by atoms with van der Waals surface area (Å²) < 4.78 is 27.9. The Kier molecular flexibility index (Phi) is 5.43. The molecule has 4 unspecified atom stereocenters. The molecule has 5 nitrogen and oxygen atoms in total. The standard InChI is InChI=1S/C21H32N2O3S/c1-13-6-9-17(27(25,26)23-21(3,4)5)12-18(13)20(24)22-14(2)19-11-15-7-8-16(19)10-15/h6,9,12,14-16,19,23H,7-8,10-11H2,1-5H3,(H,22,24). The van der Waals surface area contributed by atoms with Crippen molar-refractivity contribution in [3.8, 4) is 0 Å². The van der Waals surface area contributed by atoms with Crippen LogP contribution in [0.3, 0.4) is 0 Å². The van der Waals surface area contributed by atoms with Crippen molar-refractivity contribution in [2.45, 2.75) is 76.8 Å². The SMILES string of the molecule is Cc1ccc(S(=O)(=O)NC(C)(C)C)cc1C(=O)NC(C)C1CC2CCC1C2. The van der Waals surface area contributed by atoms with E-state index in [4.69, 9.17) is 0 Å². The second kappa shape index (κ2) is 7.21. The number of carbonyl (C=O) groups is 1. The summed E-state index contributed by atoms with van der Waals surface area (Å²) in [5, 5.41) is 3.14. The molecule has 6 heteroatoms. The number of rotatable bonds is 5. The first-order chi connectivity index (χ1) is 12.5. The molecule has 0 aromatic heterocycles. The lowest BCUT2D eigenvalue weighted by Crippen LogP contribution is -2.41. The van der Waals surface area contributed by atoms with Crippen LogP contribution < -0.4 is 10.0 Å². The summed E-state index contributed by atoms with van der Waals surface area (Å²) >= 11 is 0. The minimum atomic E-state index is -3.67. The molecule has 0 spiro atoms. The molecule has 2 saturated carbocycles. The molecule has 1 aromatic carbocycles. The number of aryl methyl sites for hydroxylation is 1. The van der Waals surface area contributed by atoms with Crippen molar-refractivity contribution in [2.24, 2.45) is 17.8 Å². The maximum absolute atomic E-state index is 12.9. The average molecular weight is 393 g/mol. The molecule has 1 amide bonds. The number of carbonyl (C=O) groups excluding carboxylic acids is 1. The molecule has 1 aromatic rings. The molecule has 2 bridgehead atoms. The Morgan fingerprint density at radius 1 is 1.19 bits per heavy atom. The number of amides is 1. The van der Waals surface area contributed by atoms with Gasteiger partial charge in [-0.1, -0.05) is 12.5 Å². The maximum atomic E-state index is 12.9. The molecule has 2 aliphatic carbocycles. The van der Waals surface area contributed by atoms with Crippen molar-refractivity contribution in [1.82, 2.24) is 10.0 Å². The molecular weight excluding hydrogens is 360 g/mol. The number of benzene rings is 1. The lowest BCUT2D eigenvalue weighted by atomic mass is 9.84. The zero-order valence-corrected chi connectivity index (χ0v) is 17.8. The van der Waals surface area contributed by atoms with Gasteiger partial charge in [-0.25, -0.2) is 13.1 Å². The van der Waals surface area contributed by atoms with Crippen LogP contribution in [0.25, 0.3) is 0 Å². The van der Waals surface area contributed by atoms with E-state index in [1.54, 1.807) is 32.9 Å². The first-order valence-corrected chi connectivity index (χ1v) is 11.4. The monoisotopic (exact) mass is 392 g/mol. The summed E-state index contributed by atoms with van der Waals surface area (Å²) in [5.74, 6) is 1.92. The van der Waals surface area contributed by atoms with Gasteiger partial charge >= 0.3 is 0 Å². The fourth-order valence-electron chi connectivity index (χ4n) is 4.77. The van der Waals surface area contributed by atoms with Gasteiger partial charge in [0, 0.05) is 17.1 Å². The van der Waals surface area contributed by atoms with Crippen molar-refractivity contribution in [2.75, 3.05) is 0 Å². The minimum Gasteiger partial charge on any atom is -0.349 e. The third kappa shape index (κ3) is 4.54. The molecule has 0 heterocycles. The zero-order chi connectivity index (χ0) is 20.0. The highest BCUT2D eigenvalue weighted by atomic mass is 32.2. The molecule has 3 rings (SSSR count). The average Bonchev–Trinajstić information content (AvgIpc) is 3.15. The molecule has 27 heavy (non-hydrogen) atoms. The predicted octanol–water partition coefficient (Wildman–Crippen LogP) is 3.63. The second-order valence-corrected chi connectivity index (χ2v) is 11.1. The maximum Gasteiger partial charge on any atom is 0.251 e. The lowest BCUT2D eigenvalue weighted by Gasteiger charge is -2.28. The van der Waals surface area contributed by atoms with Gasteiger partial charge in [-0.15, -0.1) is 0 Å². The quantitative estimate of drug-likeness (QED) is 0.803. The van der Waals surface area contributed by atoms with Crippen LogP contribution in [-0.2, 0) is 10.0 Å². The number of fused-ring (bicyclic) bond motifs is 2. The van der Waals surface area contributed by atoms with Crippen LogP contribution in [0.2, 0.25) is 0 Å². The summed E-state index contributed by atoms with van der Waals surface area (Å²) in [6, 6.07) is 4.86. The van der Waals surface area contributed by atoms with Crippen LogP contribution in [0, 0.1) is 24.7 Å². The highest BCUT2D eigenvalue weighted by molar-refractivity contribution is 7.89. The summed E-state index contributed by atoms with van der Waals surface area (Å²) in [4.78, 5) is 13.0. The van der Waals surface area contributed by atoms with Gasteiger partial charge in [0.1, 0.15) is 0 Å². The van der Waals surface area contributed by atoms with Crippen molar-refractivity contribution in [3.63, 3.8) is 0 Å². The Hall–Kier alpha value is -1.40. The van der Waals surface area contributed by atoms with Gasteiger partial charge in [-0.3, -0.25) is 4.79 Å². The van der Waals surface area contributed by atoms with Crippen molar-refractivity contribution < 1.29 is 13.2 Å². The minimum absolute atomic E-state index is 0.111. The van der Waals surface area contributed by atoms with Gasteiger partial charge in [0.2, 0.25) is 10.0 Å². The topological polar surface area (TPSA) is 75.3 Å². The van der Waals surface area contributed by atoms with Gasteiger partial charge in [-0.05, 0) is 89.3 Å². The predicted molar refractivity (Wildman–Crippen MR) is 107 cm³/mol. The van der Waals surface area contributed by atoms with Gasteiger partial charge in [0.05, 0.1) is 4.90 Å². The molecule has 2 fully saturated rings.